The fourth-order valence-corrected chi connectivity index (χ4v) is 1.72. The maximum Gasteiger partial charge on any atom is 0.326 e. The lowest BCUT2D eigenvalue weighted by Crippen LogP contribution is -2.29. The SMILES string of the molecule is CCCCC(Nc1ccc([N+](=O)[O-])cc1C#N)C(=O)O. The summed E-state index contributed by atoms with van der Waals surface area (Å²) in [5.41, 5.74) is 0.149. The highest BCUT2D eigenvalue weighted by atomic mass is 16.6. The van der Waals surface area contributed by atoms with Crippen molar-refractivity contribution >= 4 is 17.3 Å². The number of anilines is 1. The predicted molar refractivity (Wildman–Crippen MR) is 72.4 cm³/mol. The first kappa shape index (κ1) is 15.4. The van der Waals surface area contributed by atoms with Gasteiger partial charge >= 0.3 is 5.97 Å². The highest BCUT2D eigenvalue weighted by Gasteiger charge is 2.19. The lowest BCUT2D eigenvalue weighted by atomic mass is 10.1. The second-order valence-electron chi connectivity index (χ2n) is 4.28. The summed E-state index contributed by atoms with van der Waals surface area (Å²) in [5.74, 6) is -1.01. The molecular weight excluding hydrogens is 262 g/mol. The molecular formula is C13H15N3O4. The monoisotopic (exact) mass is 277 g/mol. The van der Waals surface area contributed by atoms with Crippen LogP contribution in [0.15, 0.2) is 18.2 Å². The smallest absolute Gasteiger partial charge is 0.326 e. The van der Waals surface area contributed by atoms with E-state index in [1.807, 2.05) is 13.0 Å². The van der Waals surface area contributed by atoms with Gasteiger partial charge in [0.15, 0.2) is 0 Å². The van der Waals surface area contributed by atoms with Crippen molar-refractivity contribution in [1.29, 1.82) is 5.26 Å². The second kappa shape index (κ2) is 7.09. The average Bonchev–Trinajstić information content (AvgIpc) is 2.42. The average molecular weight is 277 g/mol. The van der Waals surface area contributed by atoms with Crippen molar-refractivity contribution < 1.29 is 14.8 Å². The fourth-order valence-electron chi connectivity index (χ4n) is 1.72. The van der Waals surface area contributed by atoms with Gasteiger partial charge in [0.1, 0.15) is 12.1 Å². The van der Waals surface area contributed by atoms with E-state index >= 15 is 0 Å². The first-order chi connectivity index (χ1) is 9.49. The van der Waals surface area contributed by atoms with Gasteiger partial charge in [-0.3, -0.25) is 10.1 Å². The van der Waals surface area contributed by atoms with Crippen LogP contribution in [-0.4, -0.2) is 22.0 Å². The minimum Gasteiger partial charge on any atom is -0.480 e. The minimum absolute atomic E-state index is 0.0574. The summed E-state index contributed by atoms with van der Waals surface area (Å²) < 4.78 is 0. The van der Waals surface area contributed by atoms with Crippen molar-refractivity contribution in [2.24, 2.45) is 0 Å². The summed E-state index contributed by atoms with van der Waals surface area (Å²) in [6.45, 7) is 1.95. The molecule has 0 bridgehead atoms. The molecule has 1 aromatic carbocycles. The van der Waals surface area contributed by atoms with Crippen molar-refractivity contribution in [3.63, 3.8) is 0 Å². The third kappa shape index (κ3) is 3.95. The van der Waals surface area contributed by atoms with E-state index in [0.717, 1.165) is 18.9 Å². The number of carbonyl (C=O) groups is 1. The Bertz CT molecular complexity index is 551. The Labute approximate surface area is 116 Å². The Morgan fingerprint density at radius 1 is 1.60 bits per heavy atom. The number of hydrogen-bond donors (Lipinski definition) is 2. The van der Waals surface area contributed by atoms with Crippen LogP contribution >= 0.6 is 0 Å². The van der Waals surface area contributed by atoms with Gasteiger partial charge in [-0.25, -0.2) is 4.79 Å². The molecule has 0 spiro atoms. The molecule has 0 radical (unpaired) electrons. The lowest BCUT2D eigenvalue weighted by Gasteiger charge is -2.16. The normalized spacial score (nSPS) is 11.4. The number of benzene rings is 1. The number of nitrogens with one attached hydrogen (secondary N) is 1. The van der Waals surface area contributed by atoms with Crippen LogP contribution in [0.1, 0.15) is 31.7 Å². The molecule has 0 heterocycles. The van der Waals surface area contributed by atoms with Crippen molar-refractivity contribution in [2.75, 3.05) is 5.32 Å². The zero-order valence-electron chi connectivity index (χ0n) is 11.0. The van der Waals surface area contributed by atoms with E-state index < -0.39 is 16.9 Å². The Balaban J connectivity index is 2.98. The van der Waals surface area contributed by atoms with Crippen LogP contribution in [0.2, 0.25) is 0 Å². The highest BCUT2D eigenvalue weighted by Crippen LogP contribution is 2.22. The van der Waals surface area contributed by atoms with Crippen LogP contribution in [0.3, 0.4) is 0 Å². The molecule has 0 saturated carbocycles. The maximum atomic E-state index is 11.1. The lowest BCUT2D eigenvalue weighted by molar-refractivity contribution is -0.384. The molecule has 0 aliphatic heterocycles. The molecule has 0 amide bonds. The molecule has 2 N–H and O–H groups in total. The van der Waals surface area contributed by atoms with Crippen LogP contribution in [0.5, 0.6) is 0 Å². The third-order valence-electron chi connectivity index (χ3n) is 2.81. The summed E-state index contributed by atoms with van der Waals surface area (Å²) in [7, 11) is 0. The zero-order chi connectivity index (χ0) is 15.1. The molecule has 0 aromatic heterocycles. The number of nitro groups is 1. The molecule has 0 aliphatic carbocycles. The summed E-state index contributed by atoms with van der Waals surface area (Å²) in [5, 5.41) is 31.5. The molecule has 20 heavy (non-hydrogen) atoms. The van der Waals surface area contributed by atoms with Gasteiger partial charge in [-0.15, -0.1) is 0 Å². The van der Waals surface area contributed by atoms with Gasteiger partial charge in [-0.05, 0) is 12.5 Å². The van der Waals surface area contributed by atoms with E-state index in [2.05, 4.69) is 5.32 Å². The summed E-state index contributed by atoms with van der Waals surface area (Å²) >= 11 is 0. The molecule has 1 atom stereocenters. The number of nitrogens with zero attached hydrogens (tertiary/aromatic N) is 2. The molecule has 1 aromatic rings. The molecule has 106 valence electrons. The first-order valence-corrected chi connectivity index (χ1v) is 6.17. The van der Waals surface area contributed by atoms with Crippen LogP contribution in [-0.2, 0) is 4.79 Å². The van der Waals surface area contributed by atoms with Gasteiger partial charge < -0.3 is 10.4 Å². The molecule has 1 unspecified atom stereocenters. The molecule has 7 nitrogen and oxygen atoms in total. The van der Waals surface area contributed by atoms with Gasteiger partial charge in [-0.1, -0.05) is 19.8 Å². The Morgan fingerprint density at radius 2 is 2.30 bits per heavy atom. The maximum absolute atomic E-state index is 11.1. The van der Waals surface area contributed by atoms with Gasteiger partial charge in [0, 0.05) is 12.1 Å². The third-order valence-corrected chi connectivity index (χ3v) is 2.81. The number of unbranched alkanes of at least 4 members (excludes halogenated alkanes) is 1. The largest absolute Gasteiger partial charge is 0.480 e. The Morgan fingerprint density at radius 3 is 2.80 bits per heavy atom. The van der Waals surface area contributed by atoms with Gasteiger partial charge in [0.25, 0.3) is 5.69 Å². The number of nitriles is 1. The summed E-state index contributed by atoms with van der Waals surface area (Å²) in [6, 6.07) is 4.74. The van der Waals surface area contributed by atoms with Gasteiger partial charge in [0.05, 0.1) is 16.2 Å². The number of carboxylic acids is 1. The zero-order valence-corrected chi connectivity index (χ0v) is 11.0. The van der Waals surface area contributed by atoms with E-state index in [4.69, 9.17) is 10.4 Å². The number of nitro benzene ring substituents is 1. The Kier molecular flexibility index (Phi) is 5.47. The molecule has 0 saturated heterocycles. The fraction of sp³-hybridized carbons (Fsp3) is 0.385. The van der Waals surface area contributed by atoms with E-state index in [-0.39, 0.29) is 11.3 Å². The number of rotatable bonds is 7. The first-order valence-electron chi connectivity index (χ1n) is 6.17. The van der Waals surface area contributed by atoms with E-state index in [1.165, 1.54) is 12.1 Å². The molecule has 0 aliphatic rings. The van der Waals surface area contributed by atoms with E-state index in [0.29, 0.717) is 12.1 Å². The van der Waals surface area contributed by atoms with E-state index in [9.17, 15) is 14.9 Å². The van der Waals surface area contributed by atoms with Crippen LogP contribution in [0.25, 0.3) is 0 Å². The molecule has 7 heteroatoms. The van der Waals surface area contributed by atoms with Crippen molar-refractivity contribution in [1.82, 2.24) is 0 Å². The number of aliphatic carboxylic acids is 1. The molecule has 1 rings (SSSR count). The summed E-state index contributed by atoms with van der Waals surface area (Å²) in [4.78, 5) is 21.2. The topological polar surface area (TPSA) is 116 Å². The highest BCUT2D eigenvalue weighted by molar-refractivity contribution is 5.78. The van der Waals surface area contributed by atoms with Crippen LogP contribution < -0.4 is 5.32 Å². The van der Waals surface area contributed by atoms with E-state index in [1.54, 1.807) is 0 Å². The van der Waals surface area contributed by atoms with Crippen molar-refractivity contribution in [3.8, 4) is 6.07 Å². The quantitative estimate of drug-likeness (QED) is 0.584. The number of hydrogen-bond acceptors (Lipinski definition) is 5. The van der Waals surface area contributed by atoms with Crippen LogP contribution in [0.4, 0.5) is 11.4 Å². The van der Waals surface area contributed by atoms with Crippen molar-refractivity contribution in [2.45, 2.75) is 32.2 Å². The summed E-state index contributed by atoms with van der Waals surface area (Å²) in [6.07, 6.45) is 2.02. The second-order valence-corrected chi connectivity index (χ2v) is 4.28. The van der Waals surface area contributed by atoms with Gasteiger partial charge in [0.2, 0.25) is 0 Å². The molecule has 0 fully saturated rings. The van der Waals surface area contributed by atoms with Gasteiger partial charge in [-0.2, -0.15) is 5.26 Å². The van der Waals surface area contributed by atoms with Crippen LogP contribution in [0, 0.1) is 21.4 Å². The van der Waals surface area contributed by atoms with Crippen molar-refractivity contribution in [3.05, 3.63) is 33.9 Å². The number of non-ortho nitro benzene ring substituents is 1. The number of carboxylic acid groups (broad SMARTS) is 1. The standard InChI is InChI=1S/C13H15N3O4/c1-2-3-4-12(13(17)18)15-11-6-5-10(16(19)20)7-9(11)8-14/h5-7,12,15H,2-4H2,1H3,(H,17,18). The predicted octanol–water partition coefficient (Wildman–Crippen LogP) is 2.52. The minimum atomic E-state index is -1.01. The Hall–Kier alpha value is -2.62.